The van der Waals surface area contributed by atoms with Gasteiger partial charge in [-0.05, 0) is 28.2 Å². The fraction of sp³-hybridized carbons (Fsp3) is 0.423. The van der Waals surface area contributed by atoms with Crippen molar-refractivity contribution in [3.05, 3.63) is 59.7 Å². The first-order chi connectivity index (χ1) is 16.3. The van der Waals surface area contributed by atoms with Crippen LogP contribution in [0.3, 0.4) is 0 Å². The molecule has 8 nitrogen and oxygen atoms in total. The SMILES string of the molecule is CC(C)C(NC(=O)OCC1c2ccccc2-c2ccccc21)C(=O)N(C)C1(C(=O)O)CCOC1. The van der Waals surface area contributed by atoms with Gasteiger partial charge in [0, 0.05) is 26.0 Å². The Balaban J connectivity index is 1.45. The highest BCUT2D eigenvalue weighted by atomic mass is 16.5. The Labute approximate surface area is 198 Å². The lowest BCUT2D eigenvalue weighted by molar-refractivity contribution is -0.159. The smallest absolute Gasteiger partial charge is 0.407 e. The second kappa shape index (κ2) is 9.46. The third-order valence-electron chi connectivity index (χ3n) is 6.92. The average molecular weight is 467 g/mol. The molecule has 0 spiro atoms. The van der Waals surface area contributed by atoms with E-state index < -0.39 is 29.6 Å². The Kier molecular flexibility index (Phi) is 6.61. The van der Waals surface area contributed by atoms with E-state index in [1.54, 1.807) is 13.8 Å². The molecule has 4 rings (SSSR count). The lowest BCUT2D eigenvalue weighted by atomic mass is 9.94. The number of alkyl carbamates (subject to hydrolysis) is 1. The summed E-state index contributed by atoms with van der Waals surface area (Å²) in [4.78, 5) is 39.1. The molecule has 180 valence electrons. The molecule has 2 aliphatic rings. The van der Waals surface area contributed by atoms with Crippen molar-refractivity contribution in [2.75, 3.05) is 26.9 Å². The van der Waals surface area contributed by atoms with Crippen LogP contribution in [0, 0.1) is 5.92 Å². The molecular formula is C26H30N2O6. The first kappa shape index (κ1) is 23.8. The highest BCUT2D eigenvalue weighted by Crippen LogP contribution is 2.44. The molecule has 0 radical (unpaired) electrons. The summed E-state index contributed by atoms with van der Waals surface area (Å²) in [5.41, 5.74) is 3.01. The number of hydrogen-bond donors (Lipinski definition) is 2. The van der Waals surface area contributed by atoms with Crippen LogP contribution in [0.25, 0.3) is 11.1 Å². The summed E-state index contributed by atoms with van der Waals surface area (Å²) in [5.74, 6) is -1.98. The zero-order valence-electron chi connectivity index (χ0n) is 19.6. The van der Waals surface area contributed by atoms with E-state index in [-0.39, 0.29) is 38.1 Å². The number of carboxylic acids is 1. The van der Waals surface area contributed by atoms with E-state index in [0.29, 0.717) is 0 Å². The summed E-state index contributed by atoms with van der Waals surface area (Å²) >= 11 is 0. The second-order valence-corrected chi connectivity index (χ2v) is 9.23. The number of fused-ring (bicyclic) bond motifs is 3. The topological polar surface area (TPSA) is 105 Å². The van der Waals surface area contributed by atoms with Crippen molar-refractivity contribution in [2.24, 2.45) is 5.92 Å². The largest absolute Gasteiger partial charge is 0.479 e. The molecule has 2 N–H and O–H groups in total. The van der Waals surface area contributed by atoms with Crippen molar-refractivity contribution >= 4 is 18.0 Å². The molecule has 2 aromatic carbocycles. The van der Waals surface area contributed by atoms with Crippen LogP contribution in [0.15, 0.2) is 48.5 Å². The quantitative estimate of drug-likeness (QED) is 0.649. The van der Waals surface area contributed by atoms with Crippen LogP contribution < -0.4 is 5.32 Å². The number of amides is 2. The molecule has 2 atom stereocenters. The Morgan fingerprint density at radius 2 is 1.71 bits per heavy atom. The number of nitrogens with zero attached hydrogens (tertiary/aromatic N) is 1. The van der Waals surface area contributed by atoms with Crippen LogP contribution in [-0.2, 0) is 19.1 Å². The minimum absolute atomic E-state index is 0.0830. The van der Waals surface area contributed by atoms with Gasteiger partial charge >= 0.3 is 12.1 Å². The maximum absolute atomic E-state index is 13.2. The normalized spacial score (nSPS) is 19.9. The Morgan fingerprint density at radius 3 is 2.21 bits per heavy atom. The van der Waals surface area contributed by atoms with Gasteiger partial charge in [-0.25, -0.2) is 9.59 Å². The molecule has 1 saturated heterocycles. The first-order valence-corrected chi connectivity index (χ1v) is 11.5. The number of carboxylic acid groups (broad SMARTS) is 1. The lowest BCUT2D eigenvalue weighted by Crippen LogP contribution is -2.61. The van der Waals surface area contributed by atoms with E-state index in [0.717, 1.165) is 22.3 Å². The van der Waals surface area contributed by atoms with Crippen LogP contribution >= 0.6 is 0 Å². The van der Waals surface area contributed by atoms with Crippen molar-refractivity contribution in [1.29, 1.82) is 0 Å². The van der Waals surface area contributed by atoms with Crippen molar-refractivity contribution < 1.29 is 29.0 Å². The maximum Gasteiger partial charge on any atom is 0.407 e. The van der Waals surface area contributed by atoms with Crippen LogP contribution in [0.2, 0.25) is 0 Å². The maximum atomic E-state index is 13.2. The van der Waals surface area contributed by atoms with Crippen molar-refractivity contribution in [3.63, 3.8) is 0 Å². The molecule has 0 bridgehead atoms. The fourth-order valence-electron chi connectivity index (χ4n) is 4.83. The first-order valence-electron chi connectivity index (χ1n) is 11.5. The number of carbonyl (C=O) groups excluding carboxylic acids is 2. The molecule has 0 saturated carbocycles. The molecule has 2 amide bonds. The summed E-state index contributed by atoms with van der Waals surface area (Å²) in [6.45, 7) is 3.88. The fourth-order valence-corrected chi connectivity index (χ4v) is 4.83. The monoisotopic (exact) mass is 466 g/mol. The molecule has 1 aliphatic carbocycles. The summed E-state index contributed by atoms with van der Waals surface area (Å²) in [6, 6.07) is 15.2. The number of hydrogen-bond acceptors (Lipinski definition) is 5. The predicted octanol–water partition coefficient (Wildman–Crippen LogP) is 3.25. The summed E-state index contributed by atoms with van der Waals surface area (Å²) in [7, 11) is 1.44. The lowest BCUT2D eigenvalue weighted by Gasteiger charge is -2.36. The third-order valence-corrected chi connectivity index (χ3v) is 6.92. The molecule has 8 heteroatoms. The Bertz CT molecular complexity index is 1050. The van der Waals surface area contributed by atoms with Gasteiger partial charge < -0.3 is 24.8 Å². The van der Waals surface area contributed by atoms with Crippen LogP contribution in [0.4, 0.5) is 4.79 Å². The number of benzene rings is 2. The minimum atomic E-state index is -1.44. The van der Waals surface area contributed by atoms with E-state index in [4.69, 9.17) is 9.47 Å². The second-order valence-electron chi connectivity index (χ2n) is 9.23. The van der Waals surface area contributed by atoms with E-state index in [1.807, 2.05) is 36.4 Å². The molecule has 1 aliphatic heterocycles. The van der Waals surface area contributed by atoms with E-state index in [1.165, 1.54) is 11.9 Å². The molecule has 0 aromatic heterocycles. The average Bonchev–Trinajstić information content (AvgIpc) is 3.44. The van der Waals surface area contributed by atoms with Crippen molar-refractivity contribution in [3.8, 4) is 11.1 Å². The summed E-state index contributed by atoms with van der Waals surface area (Å²) in [5, 5.41) is 12.4. The van der Waals surface area contributed by atoms with E-state index >= 15 is 0 Å². The highest BCUT2D eigenvalue weighted by Gasteiger charge is 2.49. The van der Waals surface area contributed by atoms with Crippen LogP contribution in [-0.4, -0.2) is 66.4 Å². The van der Waals surface area contributed by atoms with Gasteiger partial charge in [-0.1, -0.05) is 62.4 Å². The Morgan fingerprint density at radius 1 is 1.12 bits per heavy atom. The minimum Gasteiger partial charge on any atom is -0.479 e. The number of likely N-dealkylation sites (N-methyl/N-ethyl adjacent to an activating group) is 1. The molecule has 2 aromatic rings. The van der Waals surface area contributed by atoms with Gasteiger partial charge in [-0.2, -0.15) is 0 Å². The number of nitrogens with one attached hydrogen (secondary N) is 1. The van der Waals surface area contributed by atoms with Gasteiger partial charge in [0.1, 0.15) is 12.6 Å². The van der Waals surface area contributed by atoms with E-state index in [9.17, 15) is 19.5 Å². The summed E-state index contributed by atoms with van der Waals surface area (Å²) in [6.07, 6.45) is -0.519. The van der Waals surface area contributed by atoms with Crippen LogP contribution in [0.1, 0.15) is 37.3 Å². The van der Waals surface area contributed by atoms with Gasteiger partial charge in [-0.15, -0.1) is 0 Å². The number of ether oxygens (including phenoxy) is 2. The van der Waals surface area contributed by atoms with Gasteiger partial charge in [-0.3, -0.25) is 4.79 Å². The third kappa shape index (κ3) is 4.14. The van der Waals surface area contributed by atoms with Gasteiger partial charge in [0.25, 0.3) is 0 Å². The number of aliphatic carboxylic acids is 1. The summed E-state index contributed by atoms with van der Waals surface area (Å²) < 4.78 is 10.9. The predicted molar refractivity (Wildman–Crippen MR) is 125 cm³/mol. The molecule has 1 fully saturated rings. The standard InChI is InChI=1S/C26H30N2O6/c1-16(2)22(23(29)28(3)26(24(30)31)12-13-33-15-26)27-25(32)34-14-21-19-10-6-4-8-17(19)18-9-5-7-11-20(18)21/h4-11,16,21-22H,12-15H2,1-3H3,(H,27,32)(H,30,31). The number of rotatable bonds is 7. The van der Waals surface area contributed by atoms with Gasteiger partial charge in [0.15, 0.2) is 5.54 Å². The molecule has 2 unspecified atom stereocenters. The van der Waals surface area contributed by atoms with Crippen molar-refractivity contribution in [2.45, 2.75) is 37.8 Å². The van der Waals surface area contributed by atoms with Gasteiger partial charge in [0.2, 0.25) is 5.91 Å². The van der Waals surface area contributed by atoms with Crippen LogP contribution in [0.5, 0.6) is 0 Å². The molecule has 1 heterocycles. The van der Waals surface area contributed by atoms with E-state index in [2.05, 4.69) is 17.4 Å². The zero-order chi connectivity index (χ0) is 24.5. The Hall–Kier alpha value is -3.39. The molecule has 34 heavy (non-hydrogen) atoms. The van der Waals surface area contributed by atoms with Crippen molar-refractivity contribution in [1.82, 2.24) is 10.2 Å². The number of carbonyl (C=O) groups is 3. The van der Waals surface area contributed by atoms with Gasteiger partial charge in [0.05, 0.1) is 6.61 Å². The molecular weight excluding hydrogens is 436 g/mol. The highest BCUT2D eigenvalue weighted by molar-refractivity contribution is 5.91. The zero-order valence-corrected chi connectivity index (χ0v) is 19.6.